The Hall–Kier alpha value is -4.00. The predicted octanol–water partition coefficient (Wildman–Crippen LogP) is 3.18. The second kappa shape index (κ2) is 9.00. The molecule has 0 amide bonds. The number of allylic oxidation sites excluding steroid dienone is 3. The van der Waals surface area contributed by atoms with Crippen molar-refractivity contribution in [3.8, 4) is 17.2 Å². The van der Waals surface area contributed by atoms with Crippen molar-refractivity contribution >= 4 is 24.1 Å². The van der Waals surface area contributed by atoms with Gasteiger partial charge in [-0.15, -0.1) is 0 Å². The van der Waals surface area contributed by atoms with Gasteiger partial charge >= 0.3 is 11.9 Å². The molecule has 0 fully saturated rings. The van der Waals surface area contributed by atoms with Crippen LogP contribution in [0.1, 0.15) is 22.3 Å². The van der Waals surface area contributed by atoms with Gasteiger partial charge in [-0.1, -0.05) is 36.4 Å². The maximum absolute atomic E-state index is 12.2. The van der Waals surface area contributed by atoms with Crippen molar-refractivity contribution in [3.05, 3.63) is 76.9 Å². The number of carbonyl (C=O) groups excluding carboxylic acids is 1. The number of carboxylic acids is 1. The maximum Gasteiger partial charge on any atom is 0.345 e. The van der Waals surface area contributed by atoms with E-state index >= 15 is 0 Å². The predicted molar refractivity (Wildman–Crippen MR) is 110 cm³/mol. The third-order valence-corrected chi connectivity index (χ3v) is 4.59. The summed E-state index contributed by atoms with van der Waals surface area (Å²) < 4.78 is 5.05. The molecule has 2 aromatic rings. The van der Waals surface area contributed by atoms with Crippen LogP contribution in [-0.4, -0.2) is 38.5 Å². The molecule has 7 nitrogen and oxygen atoms in total. The summed E-state index contributed by atoms with van der Waals surface area (Å²) in [6.45, 7) is 0. The van der Waals surface area contributed by atoms with Gasteiger partial charge in [-0.05, 0) is 47.4 Å². The zero-order valence-corrected chi connectivity index (χ0v) is 15.9. The number of hydrogen-bond acceptors (Lipinski definition) is 6. The highest BCUT2D eigenvalue weighted by Crippen LogP contribution is 2.29. The molecule has 4 N–H and O–H groups in total. The number of benzene rings is 2. The Bertz CT molecular complexity index is 1060. The summed E-state index contributed by atoms with van der Waals surface area (Å²) >= 11 is 0. The number of phenolic OH excluding ortho intramolecular Hbond substituents is 3. The van der Waals surface area contributed by atoms with Crippen LogP contribution in [0, 0.1) is 0 Å². The van der Waals surface area contributed by atoms with Crippen molar-refractivity contribution in [2.45, 2.75) is 18.9 Å². The quantitative estimate of drug-likeness (QED) is 0.329. The van der Waals surface area contributed by atoms with E-state index in [1.54, 1.807) is 6.07 Å². The largest absolute Gasteiger partial charge is 0.508 e. The minimum absolute atomic E-state index is 0.156. The van der Waals surface area contributed by atoms with Crippen molar-refractivity contribution in [2.75, 3.05) is 0 Å². The molecule has 0 heterocycles. The van der Waals surface area contributed by atoms with Gasteiger partial charge in [-0.2, -0.15) is 0 Å². The minimum atomic E-state index is -1.47. The van der Waals surface area contributed by atoms with Crippen LogP contribution < -0.4 is 0 Å². The Morgan fingerprint density at radius 3 is 2.53 bits per heavy atom. The molecule has 30 heavy (non-hydrogen) atoms. The first-order valence-corrected chi connectivity index (χ1v) is 9.15. The van der Waals surface area contributed by atoms with Gasteiger partial charge in [0.2, 0.25) is 6.10 Å². The first-order valence-electron chi connectivity index (χ1n) is 9.15. The van der Waals surface area contributed by atoms with Gasteiger partial charge in [0.1, 0.15) is 5.75 Å². The van der Waals surface area contributed by atoms with Gasteiger partial charge < -0.3 is 25.2 Å². The van der Waals surface area contributed by atoms with Crippen LogP contribution in [0.3, 0.4) is 0 Å². The Labute approximate surface area is 172 Å². The maximum atomic E-state index is 12.2. The van der Waals surface area contributed by atoms with E-state index in [1.165, 1.54) is 30.3 Å². The smallest absolute Gasteiger partial charge is 0.345 e. The molecule has 0 bridgehead atoms. The normalized spacial score (nSPS) is 13.6. The van der Waals surface area contributed by atoms with E-state index < -0.39 is 23.8 Å². The summed E-state index contributed by atoms with van der Waals surface area (Å²) in [6.07, 6.45) is 8.95. The van der Waals surface area contributed by atoms with E-state index in [0.717, 1.165) is 17.2 Å². The van der Waals surface area contributed by atoms with E-state index in [-0.39, 0.29) is 17.9 Å². The number of carboxylic acid groups (broad SMARTS) is 1. The first-order chi connectivity index (χ1) is 14.3. The average molecular weight is 408 g/mol. The summed E-state index contributed by atoms with van der Waals surface area (Å²) in [5.74, 6) is -2.75. The summed E-state index contributed by atoms with van der Waals surface area (Å²) in [5, 5.41) is 38.3. The molecule has 1 atom stereocenters. The average Bonchev–Trinajstić information content (AvgIpc) is 2.96. The monoisotopic (exact) mass is 408 g/mol. The van der Waals surface area contributed by atoms with Crippen molar-refractivity contribution < 1.29 is 34.8 Å². The molecule has 0 saturated carbocycles. The summed E-state index contributed by atoms with van der Waals surface area (Å²) in [5.41, 5.74) is 2.55. The number of esters is 1. The Kier molecular flexibility index (Phi) is 6.22. The molecule has 154 valence electrons. The Balaban J connectivity index is 1.74. The minimum Gasteiger partial charge on any atom is -0.508 e. The fourth-order valence-corrected chi connectivity index (χ4v) is 3.07. The molecule has 0 radical (unpaired) electrons. The Morgan fingerprint density at radius 2 is 1.80 bits per heavy atom. The molecule has 2 aromatic carbocycles. The highest BCUT2D eigenvalue weighted by molar-refractivity contribution is 5.90. The fourth-order valence-electron chi connectivity index (χ4n) is 3.07. The molecule has 0 spiro atoms. The first kappa shape index (κ1) is 20.7. The summed E-state index contributed by atoms with van der Waals surface area (Å²) in [7, 11) is 0. The molecule has 7 heteroatoms. The van der Waals surface area contributed by atoms with Crippen LogP contribution in [0.4, 0.5) is 0 Å². The third kappa shape index (κ3) is 4.88. The van der Waals surface area contributed by atoms with Gasteiger partial charge in [-0.25, -0.2) is 9.59 Å². The highest BCUT2D eigenvalue weighted by Gasteiger charge is 2.22. The third-order valence-electron chi connectivity index (χ3n) is 4.59. The van der Waals surface area contributed by atoms with Crippen molar-refractivity contribution in [2.24, 2.45) is 0 Å². The molecule has 0 saturated heterocycles. The van der Waals surface area contributed by atoms with Crippen LogP contribution in [0.15, 0.2) is 54.6 Å². The van der Waals surface area contributed by atoms with E-state index in [0.29, 0.717) is 17.5 Å². The van der Waals surface area contributed by atoms with E-state index in [2.05, 4.69) is 0 Å². The standard InChI is InChI=1S/C23H20O7/c24-18-10-7-15(16-4-2-1-3-5-17(16)18)8-11-22(27)30-21(23(28)29)13-14-6-9-19(25)20(26)12-14/h1-4,6-12,21,24-26H,5,13H2,(H,28,29)/b11-8+. The number of aromatic hydroxyl groups is 3. The van der Waals surface area contributed by atoms with Gasteiger partial charge in [0.25, 0.3) is 0 Å². The van der Waals surface area contributed by atoms with Crippen molar-refractivity contribution in [3.63, 3.8) is 0 Å². The lowest BCUT2D eigenvalue weighted by molar-refractivity contribution is -0.160. The number of phenols is 3. The number of hydrogen-bond donors (Lipinski definition) is 4. The molecular weight excluding hydrogens is 388 g/mol. The SMILES string of the molecule is O=C(/C=C/c1ccc(O)c2c1C=CC=CC2)OC(Cc1ccc(O)c(O)c1)C(=O)O. The molecule has 1 unspecified atom stereocenters. The van der Waals surface area contributed by atoms with Crippen LogP contribution in [0.25, 0.3) is 12.2 Å². The lowest BCUT2D eigenvalue weighted by Crippen LogP contribution is -2.28. The zero-order chi connectivity index (χ0) is 21.7. The number of rotatable bonds is 6. The number of fused-ring (bicyclic) bond motifs is 1. The summed E-state index contributed by atoms with van der Waals surface area (Å²) in [4.78, 5) is 23.7. The van der Waals surface area contributed by atoms with Gasteiger partial charge in [0.15, 0.2) is 11.5 Å². The summed E-state index contributed by atoms with van der Waals surface area (Å²) in [6, 6.07) is 7.06. The van der Waals surface area contributed by atoms with Crippen LogP contribution in [0.5, 0.6) is 17.2 Å². The molecular formula is C23H20O7. The van der Waals surface area contributed by atoms with Crippen LogP contribution in [-0.2, 0) is 27.2 Å². The van der Waals surface area contributed by atoms with Crippen LogP contribution >= 0.6 is 0 Å². The second-order valence-corrected chi connectivity index (χ2v) is 6.68. The Morgan fingerprint density at radius 1 is 1.03 bits per heavy atom. The van der Waals surface area contributed by atoms with E-state index in [1.807, 2.05) is 24.3 Å². The number of aliphatic carboxylic acids is 1. The second-order valence-electron chi connectivity index (χ2n) is 6.68. The van der Waals surface area contributed by atoms with Gasteiger partial charge in [0, 0.05) is 18.1 Å². The lowest BCUT2D eigenvalue weighted by Gasteiger charge is -2.13. The molecule has 3 rings (SSSR count). The number of ether oxygens (including phenoxy) is 1. The van der Waals surface area contributed by atoms with Crippen LogP contribution in [0.2, 0.25) is 0 Å². The van der Waals surface area contributed by atoms with Crippen molar-refractivity contribution in [1.29, 1.82) is 0 Å². The van der Waals surface area contributed by atoms with Gasteiger partial charge in [-0.3, -0.25) is 0 Å². The molecule has 1 aliphatic carbocycles. The highest BCUT2D eigenvalue weighted by atomic mass is 16.6. The molecule has 1 aliphatic rings. The lowest BCUT2D eigenvalue weighted by atomic mass is 9.98. The number of carbonyl (C=O) groups is 2. The molecule has 0 aliphatic heterocycles. The zero-order valence-electron chi connectivity index (χ0n) is 15.9. The molecule has 0 aromatic heterocycles. The fraction of sp³-hybridized carbons (Fsp3) is 0.130. The van der Waals surface area contributed by atoms with E-state index in [9.17, 15) is 30.0 Å². The van der Waals surface area contributed by atoms with Crippen molar-refractivity contribution in [1.82, 2.24) is 0 Å². The topological polar surface area (TPSA) is 124 Å². The van der Waals surface area contributed by atoms with E-state index in [4.69, 9.17) is 4.74 Å². The van der Waals surface area contributed by atoms with Gasteiger partial charge in [0.05, 0.1) is 0 Å².